The van der Waals surface area contributed by atoms with E-state index in [2.05, 4.69) is 31.9 Å². The van der Waals surface area contributed by atoms with Gasteiger partial charge in [-0.1, -0.05) is 15.9 Å². The van der Waals surface area contributed by atoms with E-state index in [0.29, 0.717) is 11.3 Å². The molecule has 5 heteroatoms. The minimum absolute atomic E-state index is 0.00236. The third-order valence-electron chi connectivity index (χ3n) is 2.31. The van der Waals surface area contributed by atoms with E-state index < -0.39 is 0 Å². The predicted molar refractivity (Wildman–Crippen MR) is 78.7 cm³/mol. The number of ketones is 1. The average molecular weight is 375 g/mol. The van der Waals surface area contributed by atoms with Crippen molar-refractivity contribution in [3.63, 3.8) is 0 Å². The third-order valence-corrected chi connectivity index (χ3v) is 4.33. The van der Waals surface area contributed by atoms with Gasteiger partial charge in [-0.25, -0.2) is 0 Å². The van der Waals surface area contributed by atoms with Gasteiger partial charge in [-0.2, -0.15) is 0 Å². The van der Waals surface area contributed by atoms with Crippen LogP contribution in [0.5, 0.6) is 0 Å². The van der Waals surface area contributed by atoms with Crippen molar-refractivity contribution in [1.82, 2.24) is 0 Å². The second-order valence-electron chi connectivity index (χ2n) is 3.62. The smallest absolute Gasteiger partial charge is 0.194 e. The molecule has 0 aliphatic rings. The summed E-state index contributed by atoms with van der Waals surface area (Å²) in [6.07, 6.45) is 0. The largest absolute Gasteiger partial charge is 0.399 e. The van der Waals surface area contributed by atoms with Crippen molar-refractivity contribution in [1.29, 1.82) is 0 Å². The van der Waals surface area contributed by atoms with Crippen LogP contribution in [0.25, 0.3) is 0 Å². The highest BCUT2D eigenvalue weighted by Crippen LogP contribution is 2.29. The molecule has 0 aliphatic heterocycles. The quantitative estimate of drug-likeness (QED) is 0.625. The van der Waals surface area contributed by atoms with Gasteiger partial charge in [0.1, 0.15) is 0 Å². The summed E-state index contributed by atoms with van der Waals surface area (Å²) in [6.45, 7) is 1.93. The lowest BCUT2D eigenvalue weighted by atomic mass is 10.0. The first-order valence-corrected chi connectivity index (χ1v) is 7.24. The second kappa shape index (κ2) is 4.92. The highest BCUT2D eigenvalue weighted by molar-refractivity contribution is 9.11. The molecule has 2 nitrogen and oxygen atoms in total. The molecule has 0 atom stereocenters. The Balaban J connectivity index is 2.47. The van der Waals surface area contributed by atoms with E-state index in [0.717, 1.165) is 18.7 Å². The SMILES string of the molecule is Cc1sc(Br)cc1C(=O)c1cc(N)cc(Br)c1. The number of halogens is 2. The van der Waals surface area contributed by atoms with E-state index in [1.165, 1.54) is 0 Å². The summed E-state index contributed by atoms with van der Waals surface area (Å²) in [5.41, 5.74) is 7.63. The van der Waals surface area contributed by atoms with E-state index in [9.17, 15) is 4.79 Å². The molecule has 2 rings (SSSR count). The maximum absolute atomic E-state index is 12.3. The van der Waals surface area contributed by atoms with Crippen LogP contribution in [0.4, 0.5) is 5.69 Å². The van der Waals surface area contributed by atoms with Crippen LogP contribution in [0, 0.1) is 6.92 Å². The maximum atomic E-state index is 12.3. The van der Waals surface area contributed by atoms with Gasteiger partial charge in [-0.15, -0.1) is 11.3 Å². The minimum Gasteiger partial charge on any atom is -0.399 e. The van der Waals surface area contributed by atoms with Crippen molar-refractivity contribution < 1.29 is 4.79 Å². The third kappa shape index (κ3) is 2.78. The summed E-state index contributed by atoms with van der Waals surface area (Å²) in [7, 11) is 0. The molecule has 88 valence electrons. The molecule has 2 aromatic rings. The van der Waals surface area contributed by atoms with Crippen LogP contribution in [0.15, 0.2) is 32.5 Å². The first kappa shape index (κ1) is 12.8. The van der Waals surface area contributed by atoms with E-state index in [-0.39, 0.29) is 5.78 Å². The monoisotopic (exact) mass is 373 g/mol. The molecule has 0 saturated carbocycles. The van der Waals surface area contributed by atoms with Crippen LogP contribution in [0.3, 0.4) is 0 Å². The van der Waals surface area contributed by atoms with Gasteiger partial charge in [0.05, 0.1) is 3.79 Å². The number of hydrogen-bond acceptors (Lipinski definition) is 3. The zero-order chi connectivity index (χ0) is 12.6. The Kier molecular flexibility index (Phi) is 3.70. The molecule has 2 N–H and O–H groups in total. The van der Waals surface area contributed by atoms with E-state index in [1.54, 1.807) is 29.5 Å². The number of thiophene rings is 1. The van der Waals surface area contributed by atoms with Crippen LogP contribution in [-0.2, 0) is 0 Å². The highest BCUT2D eigenvalue weighted by Gasteiger charge is 2.15. The number of aryl methyl sites for hydroxylation is 1. The molecule has 0 fully saturated rings. The highest BCUT2D eigenvalue weighted by atomic mass is 79.9. The predicted octanol–water partition coefficient (Wildman–Crippen LogP) is 4.39. The Bertz CT molecular complexity index is 572. The van der Waals surface area contributed by atoms with Crippen molar-refractivity contribution in [3.8, 4) is 0 Å². The van der Waals surface area contributed by atoms with Crippen LogP contribution < -0.4 is 5.73 Å². The summed E-state index contributed by atoms with van der Waals surface area (Å²) < 4.78 is 1.77. The molecule has 1 heterocycles. The number of rotatable bonds is 2. The Morgan fingerprint density at radius 3 is 2.47 bits per heavy atom. The number of anilines is 1. The molecule has 1 aromatic heterocycles. The Hall–Kier alpha value is -0.650. The van der Waals surface area contributed by atoms with Crippen molar-refractivity contribution in [2.75, 3.05) is 5.73 Å². The van der Waals surface area contributed by atoms with Gasteiger partial charge in [0.25, 0.3) is 0 Å². The van der Waals surface area contributed by atoms with Gasteiger partial charge in [-0.3, -0.25) is 4.79 Å². The number of hydrogen-bond donors (Lipinski definition) is 1. The zero-order valence-corrected chi connectivity index (χ0v) is 12.9. The lowest BCUT2D eigenvalue weighted by molar-refractivity contribution is 0.103. The Morgan fingerprint density at radius 1 is 1.24 bits per heavy atom. The van der Waals surface area contributed by atoms with Crippen molar-refractivity contribution >= 4 is 54.7 Å². The van der Waals surface area contributed by atoms with Crippen LogP contribution in [0.2, 0.25) is 0 Å². The van der Waals surface area contributed by atoms with Crippen LogP contribution in [-0.4, -0.2) is 5.78 Å². The van der Waals surface area contributed by atoms with Gasteiger partial charge < -0.3 is 5.73 Å². The summed E-state index contributed by atoms with van der Waals surface area (Å²) in [4.78, 5) is 13.3. The van der Waals surface area contributed by atoms with Gasteiger partial charge in [0.2, 0.25) is 0 Å². The van der Waals surface area contributed by atoms with E-state index in [1.807, 2.05) is 13.0 Å². The summed E-state index contributed by atoms with van der Waals surface area (Å²) in [5.74, 6) is -0.00236. The Labute approximate surface area is 120 Å². The molecule has 0 bridgehead atoms. The standard InChI is InChI=1S/C12H9Br2NOS/c1-6-10(5-11(14)17-6)12(16)7-2-8(13)4-9(15)3-7/h2-5H,15H2,1H3. The molecule has 0 aliphatic carbocycles. The molecule has 0 radical (unpaired) electrons. The van der Waals surface area contributed by atoms with Gasteiger partial charge >= 0.3 is 0 Å². The fourth-order valence-corrected chi connectivity index (χ4v) is 3.77. The van der Waals surface area contributed by atoms with Gasteiger partial charge in [-0.05, 0) is 47.1 Å². The molecule has 0 spiro atoms. The Morgan fingerprint density at radius 2 is 1.94 bits per heavy atom. The van der Waals surface area contributed by atoms with E-state index >= 15 is 0 Å². The van der Waals surface area contributed by atoms with Crippen LogP contribution in [0.1, 0.15) is 20.8 Å². The topological polar surface area (TPSA) is 43.1 Å². The lowest BCUT2D eigenvalue weighted by Crippen LogP contribution is -2.02. The summed E-state index contributed by atoms with van der Waals surface area (Å²) >= 11 is 8.28. The van der Waals surface area contributed by atoms with Gasteiger partial charge in [0.15, 0.2) is 5.78 Å². The minimum atomic E-state index is -0.00236. The lowest BCUT2D eigenvalue weighted by Gasteiger charge is -2.03. The van der Waals surface area contributed by atoms with Gasteiger partial charge in [0, 0.05) is 26.2 Å². The molecular formula is C12H9Br2NOS. The van der Waals surface area contributed by atoms with Crippen LogP contribution >= 0.6 is 43.2 Å². The molecule has 1 aromatic carbocycles. The fraction of sp³-hybridized carbons (Fsp3) is 0.0833. The number of nitrogen functional groups attached to an aromatic ring is 1. The molecular weight excluding hydrogens is 366 g/mol. The normalized spacial score (nSPS) is 10.5. The summed E-state index contributed by atoms with van der Waals surface area (Å²) in [6, 6.07) is 7.09. The first-order valence-electron chi connectivity index (χ1n) is 4.84. The fourth-order valence-electron chi connectivity index (χ4n) is 1.57. The van der Waals surface area contributed by atoms with Crippen molar-refractivity contribution in [2.45, 2.75) is 6.92 Å². The van der Waals surface area contributed by atoms with Crippen molar-refractivity contribution in [2.24, 2.45) is 0 Å². The number of carbonyl (C=O) groups is 1. The maximum Gasteiger partial charge on any atom is 0.194 e. The summed E-state index contributed by atoms with van der Waals surface area (Å²) in [5, 5.41) is 0. The average Bonchev–Trinajstić information content (AvgIpc) is 2.55. The number of benzene rings is 1. The zero-order valence-electron chi connectivity index (χ0n) is 8.96. The number of nitrogens with two attached hydrogens (primary N) is 1. The number of carbonyl (C=O) groups excluding carboxylic acids is 1. The van der Waals surface area contributed by atoms with E-state index in [4.69, 9.17) is 5.73 Å². The first-order chi connectivity index (χ1) is 7.97. The molecule has 0 unspecified atom stereocenters. The molecule has 0 saturated heterocycles. The van der Waals surface area contributed by atoms with Crippen molar-refractivity contribution in [3.05, 3.63) is 48.5 Å². The molecule has 0 amide bonds. The molecule has 17 heavy (non-hydrogen) atoms. The second-order valence-corrected chi connectivity index (χ2v) is 7.17.